The van der Waals surface area contributed by atoms with Gasteiger partial charge in [0, 0.05) is 13.1 Å². The summed E-state index contributed by atoms with van der Waals surface area (Å²) in [6.07, 6.45) is 6.00. The Morgan fingerprint density at radius 2 is 1.86 bits per heavy atom. The average molecular weight is 197 g/mol. The lowest BCUT2D eigenvalue weighted by molar-refractivity contribution is 0.404. The first-order valence-corrected chi connectivity index (χ1v) is 5.04. The molecule has 0 heterocycles. The SMILES string of the molecule is CN(C(=N)N)C(=N)NC1CCCCC1. The van der Waals surface area contributed by atoms with E-state index in [-0.39, 0.29) is 11.9 Å². The van der Waals surface area contributed by atoms with Crippen LogP contribution in [0.3, 0.4) is 0 Å². The van der Waals surface area contributed by atoms with Gasteiger partial charge in [0.25, 0.3) is 0 Å². The highest BCUT2D eigenvalue weighted by Crippen LogP contribution is 2.17. The quantitative estimate of drug-likeness (QED) is 0.368. The first-order valence-electron chi connectivity index (χ1n) is 5.04. The predicted molar refractivity (Wildman–Crippen MR) is 57.4 cm³/mol. The molecule has 0 spiro atoms. The van der Waals surface area contributed by atoms with Gasteiger partial charge in [-0.2, -0.15) is 0 Å². The van der Waals surface area contributed by atoms with Crippen LogP contribution in [0.15, 0.2) is 0 Å². The zero-order valence-electron chi connectivity index (χ0n) is 8.64. The van der Waals surface area contributed by atoms with Crippen molar-refractivity contribution in [2.75, 3.05) is 7.05 Å². The van der Waals surface area contributed by atoms with E-state index in [9.17, 15) is 0 Å². The zero-order chi connectivity index (χ0) is 10.6. The van der Waals surface area contributed by atoms with Crippen molar-refractivity contribution in [3.05, 3.63) is 0 Å². The van der Waals surface area contributed by atoms with Crippen LogP contribution in [-0.2, 0) is 0 Å². The van der Waals surface area contributed by atoms with E-state index >= 15 is 0 Å². The number of guanidine groups is 2. The van der Waals surface area contributed by atoms with Gasteiger partial charge in [-0.15, -0.1) is 0 Å². The van der Waals surface area contributed by atoms with E-state index in [2.05, 4.69) is 5.32 Å². The summed E-state index contributed by atoms with van der Waals surface area (Å²) in [6.45, 7) is 0. The Hall–Kier alpha value is -1.26. The Balaban J connectivity index is 2.35. The van der Waals surface area contributed by atoms with Gasteiger partial charge in [-0.1, -0.05) is 19.3 Å². The van der Waals surface area contributed by atoms with Gasteiger partial charge in [-0.05, 0) is 12.8 Å². The smallest absolute Gasteiger partial charge is 0.197 e. The summed E-state index contributed by atoms with van der Waals surface area (Å²) in [7, 11) is 1.63. The van der Waals surface area contributed by atoms with Crippen molar-refractivity contribution in [2.45, 2.75) is 38.1 Å². The van der Waals surface area contributed by atoms with Crippen molar-refractivity contribution in [1.82, 2.24) is 10.2 Å². The molecule has 0 aromatic rings. The fourth-order valence-electron chi connectivity index (χ4n) is 1.66. The number of hydrogen-bond donors (Lipinski definition) is 4. The maximum absolute atomic E-state index is 7.66. The second kappa shape index (κ2) is 4.83. The van der Waals surface area contributed by atoms with Crippen molar-refractivity contribution >= 4 is 11.9 Å². The summed E-state index contributed by atoms with van der Waals surface area (Å²) in [5.74, 6) is 0.128. The molecular weight excluding hydrogens is 178 g/mol. The first kappa shape index (κ1) is 10.8. The number of nitrogens with one attached hydrogen (secondary N) is 3. The third-order valence-electron chi connectivity index (χ3n) is 2.64. The molecule has 0 atom stereocenters. The zero-order valence-corrected chi connectivity index (χ0v) is 8.64. The molecule has 0 amide bonds. The molecule has 0 aromatic heterocycles. The molecule has 5 heteroatoms. The fourth-order valence-corrected chi connectivity index (χ4v) is 1.66. The average Bonchev–Trinajstić information content (AvgIpc) is 2.18. The first-order chi connectivity index (χ1) is 6.61. The molecule has 0 radical (unpaired) electrons. The minimum Gasteiger partial charge on any atom is -0.370 e. The molecule has 1 saturated carbocycles. The summed E-state index contributed by atoms with van der Waals surface area (Å²) >= 11 is 0. The van der Waals surface area contributed by atoms with Gasteiger partial charge in [-0.3, -0.25) is 15.7 Å². The molecule has 1 aliphatic carbocycles. The summed E-state index contributed by atoms with van der Waals surface area (Å²) in [5, 5.41) is 17.9. The molecule has 80 valence electrons. The van der Waals surface area contributed by atoms with Crippen molar-refractivity contribution in [3.8, 4) is 0 Å². The van der Waals surface area contributed by atoms with Gasteiger partial charge in [0.05, 0.1) is 0 Å². The largest absolute Gasteiger partial charge is 0.370 e. The van der Waals surface area contributed by atoms with Crippen LogP contribution in [0.1, 0.15) is 32.1 Å². The molecule has 5 N–H and O–H groups in total. The van der Waals surface area contributed by atoms with Gasteiger partial charge < -0.3 is 11.1 Å². The second-order valence-electron chi connectivity index (χ2n) is 3.77. The van der Waals surface area contributed by atoms with Gasteiger partial charge in [-0.25, -0.2) is 0 Å². The maximum atomic E-state index is 7.66. The fraction of sp³-hybridized carbons (Fsp3) is 0.778. The molecule has 1 fully saturated rings. The van der Waals surface area contributed by atoms with E-state index in [0.29, 0.717) is 6.04 Å². The van der Waals surface area contributed by atoms with Crippen molar-refractivity contribution in [3.63, 3.8) is 0 Å². The van der Waals surface area contributed by atoms with Gasteiger partial charge in [0.2, 0.25) is 0 Å². The van der Waals surface area contributed by atoms with E-state index in [4.69, 9.17) is 16.6 Å². The maximum Gasteiger partial charge on any atom is 0.197 e. The summed E-state index contributed by atoms with van der Waals surface area (Å²) in [4.78, 5) is 1.34. The van der Waals surface area contributed by atoms with Crippen molar-refractivity contribution < 1.29 is 0 Å². The second-order valence-corrected chi connectivity index (χ2v) is 3.77. The third kappa shape index (κ3) is 2.90. The van der Waals surface area contributed by atoms with E-state index in [1.165, 1.54) is 24.2 Å². The number of hydrogen-bond acceptors (Lipinski definition) is 2. The molecule has 0 saturated heterocycles. The van der Waals surface area contributed by atoms with Crippen LogP contribution < -0.4 is 11.1 Å². The molecule has 0 unspecified atom stereocenters. The topological polar surface area (TPSA) is 89.0 Å². The van der Waals surface area contributed by atoms with Crippen LogP contribution in [0.25, 0.3) is 0 Å². The standard InChI is InChI=1S/C9H19N5/c1-14(8(10)11)9(12)13-7-5-3-2-4-6-7/h7H,2-6H2,1H3,(H3,10,11)(H2,12,13). The summed E-state index contributed by atoms with van der Waals surface area (Å²) < 4.78 is 0. The summed E-state index contributed by atoms with van der Waals surface area (Å²) in [5.41, 5.74) is 5.27. The lowest BCUT2D eigenvalue weighted by Gasteiger charge is -2.27. The van der Waals surface area contributed by atoms with Crippen LogP contribution in [0.2, 0.25) is 0 Å². The van der Waals surface area contributed by atoms with E-state index in [1.807, 2.05) is 0 Å². The molecule has 0 aliphatic heterocycles. The van der Waals surface area contributed by atoms with E-state index in [1.54, 1.807) is 7.05 Å². The lowest BCUT2D eigenvalue weighted by atomic mass is 9.96. The predicted octanol–water partition coefficient (Wildman–Crippen LogP) is 0.669. The lowest BCUT2D eigenvalue weighted by Crippen LogP contribution is -2.48. The van der Waals surface area contributed by atoms with Crippen LogP contribution in [0, 0.1) is 10.8 Å². The number of rotatable bonds is 1. The number of nitrogens with two attached hydrogens (primary N) is 1. The van der Waals surface area contributed by atoms with Crippen LogP contribution in [0.4, 0.5) is 0 Å². The highest BCUT2D eigenvalue weighted by molar-refractivity contribution is 5.94. The van der Waals surface area contributed by atoms with Crippen molar-refractivity contribution in [2.24, 2.45) is 5.73 Å². The molecule has 14 heavy (non-hydrogen) atoms. The molecule has 0 bridgehead atoms. The van der Waals surface area contributed by atoms with E-state index in [0.717, 1.165) is 12.8 Å². The van der Waals surface area contributed by atoms with Gasteiger partial charge >= 0.3 is 0 Å². The molecule has 5 nitrogen and oxygen atoms in total. The number of nitrogens with zero attached hydrogens (tertiary/aromatic N) is 1. The normalized spacial score (nSPS) is 17.5. The minimum atomic E-state index is -0.0988. The Labute approximate surface area is 84.7 Å². The molecule has 1 aliphatic rings. The highest BCUT2D eigenvalue weighted by atomic mass is 15.3. The summed E-state index contributed by atoms with van der Waals surface area (Å²) in [6, 6.07) is 0.387. The van der Waals surface area contributed by atoms with E-state index < -0.39 is 0 Å². The van der Waals surface area contributed by atoms with Crippen LogP contribution in [-0.4, -0.2) is 29.9 Å². The Bertz CT molecular complexity index is 219. The monoisotopic (exact) mass is 197 g/mol. The van der Waals surface area contributed by atoms with Crippen molar-refractivity contribution in [1.29, 1.82) is 10.8 Å². The van der Waals surface area contributed by atoms with Crippen LogP contribution >= 0.6 is 0 Å². The Morgan fingerprint density at radius 3 is 2.36 bits per heavy atom. The highest BCUT2D eigenvalue weighted by Gasteiger charge is 2.16. The third-order valence-corrected chi connectivity index (χ3v) is 2.64. The van der Waals surface area contributed by atoms with Gasteiger partial charge in [0.15, 0.2) is 11.9 Å². The Kier molecular flexibility index (Phi) is 3.73. The minimum absolute atomic E-state index is 0.0988. The Morgan fingerprint density at radius 1 is 1.29 bits per heavy atom. The molecular formula is C9H19N5. The van der Waals surface area contributed by atoms with Crippen LogP contribution in [0.5, 0.6) is 0 Å². The molecule has 0 aromatic carbocycles. The molecule has 1 rings (SSSR count). The van der Waals surface area contributed by atoms with Gasteiger partial charge in [0.1, 0.15) is 0 Å².